The minimum absolute atomic E-state index is 0.528. The van der Waals surface area contributed by atoms with Gasteiger partial charge in [-0.3, -0.25) is 0 Å². The molecular weight excluding hydrogens is 280 g/mol. The number of hydrogen-bond donors (Lipinski definition) is 3. The summed E-state index contributed by atoms with van der Waals surface area (Å²) in [5, 5.41) is 14.5. The van der Waals surface area contributed by atoms with E-state index in [-0.39, 0.29) is 0 Å². The Kier molecular flexibility index (Phi) is 4.21. The lowest BCUT2D eigenvalue weighted by atomic mass is 10.3. The fourth-order valence-corrected chi connectivity index (χ4v) is 1.90. The summed E-state index contributed by atoms with van der Waals surface area (Å²) in [6.45, 7) is 1.16. The van der Waals surface area contributed by atoms with Gasteiger partial charge in [-0.15, -0.1) is 0 Å². The molecule has 0 unspecified atom stereocenters. The molecule has 3 aromatic rings. The zero-order valence-corrected chi connectivity index (χ0v) is 11.8. The van der Waals surface area contributed by atoms with Gasteiger partial charge in [0.05, 0.1) is 18.1 Å². The molecule has 22 heavy (non-hydrogen) atoms. The van der Waals surface area contributed by atoms with Crippen molar-refractivity contribution in [2.24, 2.45) is 5.73 Å². The van der Waals surface area contributed by atoms with Gasteiger partial charge in [-0.25, -0.2) is 4.98 Å². The molecule has 1 aromatic carbocycles. The summed E-state index contributed by atoms with van der Waals surface area (Å²) in [5.74, 6) is 1.24. The standard InChI is InChI=1S/C14H16N8/c15-5-7-17-14-16-6-4-13(21-14)20-11-2-1-3-12(10-11)22-18-8-9-19-22/h1-4,6,8-10H,5,7,15H2,(H2,16,17,20,21). The first kappa shape index (κ1) is 14.0. The van der Waals surface area contributed by atoms with Gasteiger partial charge in [0.25, 0.3) is 0 Å². The monoisotopic (exact) mass is 296 g/mol. The molecule has 2 heterocycles. The lowest BCUT2D eigenvalue weighted by Gasteiger charge is -2.09. The topological polar surface area (TPSA) is 107 Å². The molecule has 112 valence electrons. The number of nitrogens with one attached hydrogen (secondary N) is 2. The van der Waals surface area contributed by atoms with E-state index in [0.29, 0.717) is 24.9 Å². The van der Waals surface area contributed by atoms with E-state index in [1.54, 1.807) is 29.5 Å². The van der Waals surface area contributed by atoms with Crippen molar-refractivity contribution in [3.63, 3.8) is 0 Å². The number of hydrogen-bond acceptors (Lipinski definition) is 7. The zero-order valence-electron chi connectivity index (χ0n) is 11.8. The summed E-state index contributed by atoms with van der Waals surface area (Å²) in [5.41, 5.74) is 7.21. The molecule has 0 amide bonds. The van der Waals surface area contributed by atoms with E-state index in [1.807, 2.05) is 24.3 Å². The summed E-state index contributed by atoms with van der Waals surface area (Å²) >= 11 is 0. The molecule has 8 nitrogen and oxygen atoms in total. The largest absolute Gasteiger partial charge is 0.353 e. The van der Waals surface area contributed by atoms with E-state index in [0.717, 1.165) is 11.4 Å². The smallest absolute Gasteiger partial charge is 0.224 e. The Morgan fingerprint density at radius 1 is 1.09 bits per heavy atom. The first-order chi connectivity index (χ1) is 10.8. The van der Waals surface area contributed by atoms with Crippen LogP contribution in [0.2, 0.25) is 0 Å². The second-order valence-electron chi connectivity index (χ2n) is 4.47. The van der Waals surface area contributed by atoms with Gasteiger partial charge in [-0.2, -0.15) is 20.0 Å². The summed E-state index contributed by atoms with van der Waals surface area (Å²) in [4.78, 5) is 10.1. The molecule has 0 aliphatic heterocycles. The van der Waals surface area contributed by atoms with Crippen molar-refractivity contribution in [1.29, 1.82) is 0 Å². The Balaban J connectivity index is 1.77. The van der Waals surface area contributed by atoms with Gasteiger partial charge in [0.1, 0.15) is 5.82 Å². The molecule has 0 radical (unpaired) electrons. The molecule has 3 rings (SSSR count). The maximum Gasteiger partial charge on any atom is 0.224 e. The van der Waals surface area contributed by atoms with E-state index >= 15 is 0 Å². The second-order valence-corrected chi connectivity index (χ2v) is 4.47. The molecule has 0 spiro atoms. The lowest BCUT2D eigenvalue weighted by molar-refractivity contribution is 0.752. The number of anilines is 3. The predicted molar refractivity (Wildman–Crippen MR) is 84.2 cm³/mol. The lowest BCUT2D eigenvalue weighted by Crippen LogP contribution is -2.15. The maximum absolute atomic E-state index is 5.45. The Morgan fingerprint density at radius 3 is 2.77 bits per heavy atom. The summed E-state index contributed by atoms with van der Waals surface area (Å²) in [7, 11) is 0. The van der Waals surface area contributed by atoms with E-state index in [4.69, 9.17) is 5.73 Å². The Labute approximate surface area is 127 Å². The fourth-order valence-electron chi connectivity index (χ4n) is 1.90. The van der Waals surface area contributed by atoms with Crippen molar-refractivity contribution >= 4 is 17.5 Å². The number of nitrogens with zero attached hydrogens (tertiary/aromatic N) is 5. The minimum Gasteiger partial charge on any atom is -0.353 e. The highest BCUT2D eigenvalue weighted by atomic mass is 15.5. The Bertz CT molecular complexity index is 725. The van der Waals surface area contributed by atoms with Gasteiger partial charge in [0.2, 0.25) is 5.95 Å². The van der Waals surface area contributed by atoms with Gasteiger partial charge in [-0.05, 0) is 24.3 Å². The van der Waals surface area contributed by atoms with Crippen molar-refractivity contribution in [1.82, 2.24) is 25.0 Å². The van der Waals surface area contributed by atoms with E-state index in [1.165, 1.54) is 0 Å². The van der Waals surface area contributed by atoms with Crippen LogP contribution in [0, 0.1) is 0 Å². The van der Waals surface area contributed by atoms with E-state index in [2.05, 4.69) is 30.8 Å². The van der Waals surface area contributed by atoms with Gasteiger partial charge >= 0.3 is 0 Å². The van der Waals surface area contributed by atoms with Crippen molar-refractivity contribution in [3.8, 4) is 5.69 Å². The van der Waals surface area contributed by atoms with Crippen molar-refractivity contribution < 1.29 is 0 Å². The highest BCUT2D eigenvalue weighted by Crippen LogP contribution is 2.18. The number of rotatable bonds is 6. The fraction of sp³-hybridized carbons (Fsp3) is 0.143. The minimum atomic E-state index is 0.528. The van der Waals surface area contributed by atoms with Gasteiger partial charge in [0.15, 0.2) is 0 Å². The van der Waals surface area contributed by atoms with Crippen LogP contribution >= 0.6 is 0 Å². The van der Waals surface area contributed by atoms with Crippen LogP contribution in [0.3, 0.4) is 0 Å². The summed E-state index contributed by atoms with van der Waals surface area (Å²) in [6, 6.07) is 9.54. The third-order valence-electron chi connectivity index (χ3n) is 2.85. The molecule has 0 fully saturated rings. The van der Waals surface area contributed by atoms with Crippen LogP contribution < -0.4 is 16.4 Å². The average Bonchev–Trinajstić information content (AvgIpc) is 3.08. The molecule has 8 heteroatoms. The van der Waals surface area contributed by atoms with Crippen molar-refractivity contribution in [2.45, 2.75) is 0 Å². The normalized spacial score (nSPS) is 10.4. The molecular formula is C14H16N8. The van der Waals surface area contributed by atoms with Gasteiger partial charge in [-0.1, -0.05) is 6.07 Å². The SMILES string of the molecule is NCCNc1nccc(Nc2cccc(-n3nccn3)c2)n1. The molecule has 0 bridgehead atoms. The molecule has 0 saturated heterocycles. The number of aromatic nitrogens is 5. The molecule has 0 atom stereocenters. The van der Waals surface area contributed by atoms with Crippen LogP contribution in [-0.2, 0) is 0 Å². The molecule has 2 aromatic heterocycles. The predicted octanol–water partition coefficient (Wildman–Crippen LogP) is 1.17. The number of nitrogens with two attached hydrogens (primary N) is 1. The maximum atomic E-state index is 5.45. The third kappa shape index (κ3) is 3.36. The van der Waals surface area contributed by atoms with Gasteiger partial charge < -0.3 is 16.4 Å². The van der Waals surface area contributed by atoms with Crippen molar-refractivity contribution in [2.75, 3.05) is 23.7 Å². The van der Waals surface area contributed by atoms with Crippen LogP contribution in [0.4, 0.5) is 17.5 Å². The Hall–Kier alpha value is -3.00. The average molecular weight is 296 g/mol. The molecule has 0 aliphatic carbocycles. The van der Waals surface area contributed by atoms with E-state index in [9.17, 15) is 0 Å². The zero-order chi connectivity index (χ0) is 15.2. The highest BCUT2D eigenvalue weighted by Gasteiger charge is 2.02. The molecule has 4 N–H and O–H groups in total. The summed E-state index contributed by atoms with van der Waals surface area (Å²) < 4.78 is 0. The second kappa shape index (κ2) is 6.64. The molecule has 0 aliphatic rings. The quantitative estimate of drug-likeness (QED) is 0.627. The third-order valence-corrected chi connectivity index (χ3v) is 2.85. The Morgan fingerprint density at radius 2 is 1.95 bits per heavy atom. The van der Waals surface area contributed by atoms with Crippen LogP contribution in [0.1, 0.15) is 0 Å². The van der Waals surface area contributed by atoms with Crippen LogP contribution in [0.15, 0.2) is 48.9 Å². The van der Waals surface area contributed by atoms with Crippen molar-refractivity contribution in [3.05, 3.63) is 48.9 Å². The highest BCUT2D eigenvalue weighted by molar-refractivity contribution is 5.59. The van der Waals surface area contributed by atoms with Crippen LogP contribution in [-0.4, -0.2) is 38.1 Å². The summed E-state index contributed by atoms with van der Waals surface area (Å²) in [6.07, 6.45) is 4.97. The molecule has 0 saturated carbocycles. The van der Waals surface area contributed by atoms with Gasteiger partial charge in [0, 0.05) is 25.0 Å². The van der Waals surface area contributed by atoms with Crippen LogP contribution in [0.25, 0.3) is 5.69 Å². The first-order valence-corrected chi connectivity index (χ1v) is 6.86. The number of benzene rings is 1. The first-order valence-electron chi connectivity index (χ1n) is 6.86. The van der Waals surface area contributed by atoms with E-state index < -0.39 is 0 Å². The van der Waals surface area contributed by atoms with Crippen LogP contribution in [0.5, 0.6) is 0 Å².